The molecular formula is C30H40N6O4. The van der Waals surface area contributed by atoms with Gasteiger partial charge in [0.05, 0.1) is 49.7 Å². The number of methoxy groups -OCH3 is 1. The maximum atomic E-state index is 14.1. The van der Waals surface area contributed by atoms with Crippen LogP contribution >= 0.6 is 0 Å². The van der Waals surface area contributed by atoms with Crippen molar-refractivity contribution in [3.8, 4) is 0 Å². The van der Waals surface area contributed by atoms with Crippen LogP contribution in [0, 0.1) is 11.8 Å². The first-order valence-electron chi connectivity index (χ1n) is 14.6. The number of hydrogen-bond donors (Lipinski definition) is 3. The van der Waals surface area contributed by atoms with Crippen molar-refractivity contribution < 1.29 is 19.1 Å². The minimum atomic E-state index is -0.294. The van der Waals surface area contributed by atoms with Crippen molar-refractivity contribution in [2.24, 2.45) is 11.8 Å². The monoisotopic (exact) mass is 548 g/mol. The van der Waals surface area contributed by atoms with Gasteiger partial charge >= 0.3 is 6.03 Å². The second-order valence-corrected chi connectivity index (χ2v) is 11.3. The van der Waals surface area contributed by atoms with Gasteiger partial charge < -0.3 is 35.2 Å². The molecule has 5 atom stereocenters. The quantitative estimate of drug-likeness (QED) is 0.506. The van der Waals surface area contributed by atoms with E-state index in [2.05, 4.69) is 42.9 Å². The van der Waals surface area contributed by atoms with Gasteiger partial charge in [-0.05, 0) is 43.0 Å². The number of ether oxygens (including phenoxy) is 2. The lowest BCUT2D eigenvalue weighted by atomic mass is 9.81. The molecule has 1 aromatic heterocycles. The number of hydrogen-bond acceptors (Lipinski definition) is 7. The van der Waals surface area contributed by atoms with Crippen molar-refractivity contribution in [3.63, 3.8) is 0 Å². The van der Waals surface area contributed by atoms with E-state index >= 15 is 0 Å². The number of aromatic nitrogens is 1. The lowest BCUT2D eigenvalue weighted by molar-refractivity contribution is -0.138. The fraction of sp³-hybridized carbons (Fsp3) is 0.567. The SMILES string of the molecule is COCC1Nc2ccccc2[C@H]2[C@@H]1CCN2C(=O)[C@H]1CCCC[C@H]1NC(=O)Nc1ccc(N2CCOCC2)nc1. The Labute approximate surface area is 235 Å². The van der Waals surface area contributed by atoms with Crippen LogP contribution in [-0.4, -0.2) is 80.5 Å². The molecule has 3 fully saturated rings. The normalized spacial score (nSPS) is 27.8. The Bertz CT molecular complexity index is 1190. The molecule has 2 aromatic rings. The zero-order valence-corrected chi connectivity index (χ0v) is 23.2. The number of carbonyl (C=O) groups is 2. The largest absolute Gasteiger partial charge is 0.383 e. The number of morpholine rings is 1. The molecule has 6 rings (SSSR count). The molecule has 1 aromatic carbocycles. The molecule has 0 spiro atoms. The minimum Gasteiger partial charge on any atom is -0.383 e. The van der Waals surface area contributed by atoms with Crippen LogP contribution in [-0.2, 0) is 14.3 Å². The Balaban J connectivity index is 1.12. The van der Waals surface area contributed by atoms with E-state index in [4.69, 9.17) is 9.47 Å². The van der Waals surface area contributed by atoms with E-state index in [1.165, 1.54) is 5.56 Å². The summed E-state index contributed by atoms with van der Waals surface area (Å²) < 4.78 is 10.9. The van der Waals surface area contributed by atoms with Crippen LogP contribution < -0.4 is 20.9 Å². The van der Waals surface area contributed by atoms with E-state index in [0.717, 1.165) is 63.2 Å². The third kappa shape index (κ3) is 5.47. The molecule has 2 saturated heterocycles. The summed E-state index contributed by atoms with van der Waals surface area (Å²) >= 11 is 0. The summed E-state index contributed by atoms with van der Waals surface area (Å²) in [6.07, 6.45) is 6.20. The molecule has 3 aliphatic heterocycles. The van der Waals surface area contributed by atoms with Gasteiger partial charge in [-0.25, -0.2) is 9.78 Å². The topological polar surface area (TPSA) is 108 Å². The Morgan fingerprint density at radius 3 is 2.70 bits per heavy atom. The van der Waals surface area contributed by atoms with Crippen LogP contribution in [0.5, 0.6) is 0 Å². The van der Waals surface area contributed by atoms with Crippen LogP contribution in [0.1, 0.15) is 43.7 Å². The average molecular weight is 549 g/mol. The van der Waals surface area contributed by atoms with Crippen LogP contribution in [0.4, 0.5) is 22.0 Å². The Morgan fingerprint density at radius 2 is 1.90 bits per heavy atom. The highest BCUT2D eigenvalue weighted by Crippen LogP contribution is 2.47. The third-order valence-corrected chi connectivity index (χ3v) is 8.95. The molecule has 4 aliphatic rings. The zero-order valence-electron chi connectivity index (χ0n) is 23.2. The van der Waals surface area contributed by atoms with Crippen LogP contribution in [0.3, 0.4) is 0 Å². The summed E-state index contributed by atoms with van der Waals surface area (Å²) in [6.45, 7) is 4.34. The van der Waals surface area contributed by atoms with Crippen LogP contribution in [0.2, 0.25) is 0 Å². The van der Waals surface area contributed by atoms with Gasteiger partial charge in [0.1, 0.15) is 5.82 Å². The van der Waals surface area contributed by atoms with Gasteiger partial charge in [0, 0.05) is 44.4 Å². The van der Waals surface area contributed by atoms with Gasteiger partial charge in [0.15, 0.2) is 0 Å². The molecule has 1 aliphatic carbocycles. The number of urea groups is 1. The number of likely N-dealkylation sites (tertiary alicyclic amines) is 1. The highest BCUT2D eigenvalue weighted by Gasteiger charge is 2.48. The number of carbonyl (C=O) groups excluding carboxylic acids is 2. The highest BCUT2D eigenvalue weighted by atomic mass is 16.5. The average Bonchev–Trinajstić information content (AvgIpc) is 3.44. The number of rotatable bonds is 6. The molecule has 1 unspecified atom stereocenters. The van der Waals surface area contributed by atoms with E-state index in [1.807, 2.05) is 24.3 Å². The molecule has 0 radical (unpaired) electrons. The first-order chi connectivity index (χ1) is 19.6. The lowest BCUT2D eigenvalue weighted by Crippen LogP contribution is -2.51. The highest BCUT2D eigenvalue weighted by molar-refractivity contribution is 5.90. The van der Waals surface area contributed by atoms with E-state index in [0.29, 0.717) is 31.4 Å². The number of benzene rings is 1. The second kappa shape index (κ2) is 12.0. The van der Waals surface area contributed by atoms with E-state index in [-0.39, 0.29) is 36.0 Å². The fourth-order valence-electron chi connectivity index (χ4n) is 7.01. The van der Waals surface area contributed by atoms with E-state index < -0.39 is 0 Å². The number of nitrogens with one attached hydrogen (secondary N) is 3. The van der Waals surface area contributed by atoms with E-state index in [9.17, 15) is 9.59 Å². The fourth-order valence-corrected chi connectivity index (χ4v) is 7.01. The van der Waals surface area contributed by atoms with Crippen LogP contribution in [0.25, 0.3) is 0 Å². The molecule has 4 heterocycles. The number of nitrogens with zero attached hydrogens (tertiary/aromatic N) is 3. The Kier molecular flexibility index (Phi) is 8.06. The summed E-state index contributed by atoms with van der Waals surface area (Å²) in [6, 6.07) is 11.8. The van der Waals surface area contributed by atoms with Gasteiger partial charge in [-0.2, -0.15) is 0 Å². The Morgan fingerprint density at radius 1 is 1.07 bits per heavy atom. The standard InChI is InChI=1S/C30H40N6O4/c1-39-19-26-22-12-13-36(28(22)21-6-2-4-8-24(21)33-26)29(37)23-7-3-5-9-25(23)34-30(38)32-20-10-11-27(31-18-20)35-14-16-40-17-15-35/h2,4,6,8,10-11,18,22-23,25-26,28,33H,3,5,7,9,12-17,19H2,1H3,(H2,32,34,38)/t22-,23+,25-,26?,28+/m1/s1. The molecule has 10 heteroatoms. The number of pyridine rings is 1. The third-order valence-electron chi connectivity index (χ3n) is 8.95. The maximum absolute atomic E-state index is 14.1. The predicted molar refractivity (Wildman–Crippen MR) is 153 cm³/mol. The Hall–Kier alpha value is -3.37. The predicted octanol–water partition coefficient (Wildman–Crippen LogP) is 3.63. The smallest absolute Gasteiger partial charge is 0.319 e. The number of para-hydroxylation sites is 1. The number of amides is 3. The van der Waals surface area contributed by atoms with Gasteiger partial charge in [-0.3, -0.25) is 4.79 Å². The molecular weight excluding hydrogens is 508 g/mol. The van der Waals surface area contributed by atoms with Gasteiger partial charge in [-0.1, -0.05) is 31.0 Å². The van der Waals surface area contributed by atoms with Crippen molar-refractivity contribution in [2.75, 3.05) is 62.1 Å². The summed E-state index contributed by atoms with van der Waals surface area (Å²) in [5, 5.41) is 9.71. The molecule has 40 heavy (non-hydrogen) atoms. The summed E-state index contributed by atoms with van der Waals surface area (Å²) in [5.74, 6) is 1.10. The molecule has 0 bridgehead atoms. The van der Waals surface area contributed by atoms with Gasteiger partial charge in [-0.15, -0.1) is 0 Å². The van der Waals surface area contributed by atoms with Crippen molar-refractivity contribution in [1.82, 2.24) is 15.2 Å². The first kappa shape index (κ1) is 26.8. The van der Waals surface area contributed by atoms with Gasteiger partial charge in [0.25, 0.3) is 0 Å². The lowest BCUT2D eigenvalue weighted by Gasteiger charge is -2.41. The summed E-state index contributed by atoms with van der Waals surface area (Å²) in [4.78, 5) is 36.0. The van der Waals surface area contributed by atoms with Crippen molar-refractivity contribution in [3.05, 3.63) is 48.2 Å². The maximum Gasteiger partial charge on any atom is 0.319 e. The van der Waals surface area contributed by atoms with Crippen molar-refractivity contribution in [2.45, 2.75) is 50.2 Å². The summed E-state index contributed by atoms with van der Waals surface area (Å²) in [5.41, 5.74) is 2.89. The molecule has 3 N–H and O–H groups in total. The minimum absolute atomic E-state index is 0.0255. The molecule has 10 nitrogen and oxygen atoms in total. The van der Waals surface area contributed by atoms with Crippen molar-refractivity contribution in [1.29, 1.82) is 0 Å². The summed E-state index contributed by atoms with van der Waals surface area (Å²) in [7, 11) is 1.73. The number of anilines is 3. The second-order valence-electron chi connectivity index (χ2n) is 11.3. The zero-order chi connectivity index (χ0) is 27.5. The molecule has 1 saturated carbocycles. The first-order valence-corrected chi connectivity index (χ1v) is 14.6. The van der Waals surface area contributed by atoms with E-state index in [1.54, 1.807) is 13.3 Å². The molecule has 3 amide bonds. The number of fused-ring (bicyclic) bond motifs is 3. The van der Waals surface area contributed by atoms with Crippen LogP contribution in [0.15, 0.2) is 42.6 Å². The molecule has 214 valence electrons. The van der Waals surface area contributed by atoms with Crippen molar-refractivity contribution >= 4 is 29.1 Å². The van der Waals surface area contributed by atoms with Gasteiger partial charge in [0.2, 0.25) is 5.91 Å².